The summed E-state index contributed by atoms with van der Waals surface area (Å²) in [6.45, 7) is 4.39. The number of rotatable bonds is 50. The van der Waals surface area contributed by atoms with Crippen LogP contribution in [0.25, 0.3) is 0 Å². The number of phosphoric acid groups is 1. The lowest BCUT2D eigenvalue weighted by atomic mass is 10.1. The van der Waals surface area contributed by atoms with Crippen molar-refractivity contribution >= 4 is 25.7 Å². The Morgan fingerprint density at radius 1 is 0.414 bits per heavy atom. The van der Waals surface area contributed by atoms with Crippen molar-refractivity contribution in [2.45, 2.75) is 238 Å². The number of carbonyl (C=O) groups excluding carboxylic acids is 3. The summed E-state index contributed by atoms with van der Waals surface area (Å²) in [5, 5.41) is 9.78. The van der Waals surface area contributed by atoms with Gasteiger partial charge >= 0.3 is 25.7 Å². The first-order valence-electron chi connectivity index (χ1n) is 27.5. The highest BCUT2D eigenvalue weighted by Gasteiger charge is 2.28. The number of phosphoric ester groups is 1. The zero-order valence-corrected chi connectivity index (χ0v) is 45.1. The van der Waals surface area contributed by atoms with Crippen molar-refractivity contribution in [3.63, 3.8) is 0 Å². The van der Waals surface area contributed by atoms with Crippen molar-refractivity contribution in [3.8, 4) is 0 Å². The predicted molar refractivity (Wildman–Crippen MR) is 288 cm³/mol. The van der Waals surface area contributed by atoms with E-state index in [1.165, 1.54) is 44.9 Å². The van der Waals surface area contributed by atoms with Gasteiger partial charge in [-0.05, 0) is 89.9 Å². The van der Waals surface area contributed by atoms with Crippen molar-refractivity contribution in [3.05, 3.63) is 85.1 Å². The third-order valence-electron chi connectivity index (χ3n) is 11.3. The van der Waals surface area contributed by atoms with E-state index in [0.29, 0.717) is 19.3 Å². The maximum absolute atomic E-state index is 12.9. The molecule has 0 heterocycles. The summed E-state index contributed by atoms with van der Waals surface area (Å²) in [4.78, 5) is 48.4. The molecule has 11 nitrogen and oxygen atoms in total. The van der Waals surface area contributed by atoms with Gasteiger partial charge in [-0.15, -0.1) is 0 Å². The van der Waals surface area contributed by atoms with Crippen molar-refractivity contribution in [2.24, 2.45) is 0 Å². The average Bonchev–Trinajstić information content (AvgIpc) is 3.35. The van der Waals surface area contributed by atoms with Gasteiger partial charge in [0.2, 0.25) is 0 Å². The van der Waals surface area contributed by atoms with Gasteiger partial charge in [0.1, 0.15) is 12.7 Å². The Morgan fingerprint density at radius 3 is 1.21 bits per heavy atom. The van der Waals surface area contributed by atoms with E-state index in [9.17, 15) is 28.9 Å². The van der Waals surface area contributed by atoms with Crippen molar-refractivity contribution in [2.75, 3.05) is 26.4 Å². The van der Waals surface area contributed by atoms with Crippen LogP contribution in [0.2, 0.25) is 0 Å². The number of hydrogen-bond donors (Lipinski definition) is 2. The molecule has 0 aliphatic carbocycles. The fourth-order valence-electron chi connectivity index (χ4n) is 7.13. The molecule has 0 radical (unpaired) electrons. The smallest absolute Gasteiger partial charge is 0.462 e. The molecule has 0 saturated carbocycles. The van der Waals surface area contributed by atoms with Gasteiger partial charge in [0.25, 0.3) is 0 Å². The Kier molecular flexibility index (Phi) is 49.5. The molecular formula is C58H99O11P. The van der Waals surface area contributed by atoms with E-state index in [-0.39, 0.29) is 25.9 Å². The van der Waals surface area contributed by atoms with E-state index in [0.717, 1.165) is 122 Å². The van der Waals surface area contributed by atoms with Crippen LogP contribution in [0.4, 0.5) is 0 Å². The third kappa shape index (κ3) is 49.6. The molecule has 0 amide bonds. The molecule has 3 atom stereocenters. The van der Waals surface area contributed by atoms with E-state index in [1.807, 2.05) is 0 Å². The minimum absolute atomic E-state index is 0.141. The molecule has 2 N–H and O–H groups in total. The van der Waals surface area contributed by atoms with Crippen LogP contribution in [0.5, 0.6) is 0 Å². The maximum atomic E-state index is 12.9. The summed E-state index contributed by atoms with van der Waals surface area (Å²) in [5.74, 6) is -1.52. The minimum atomic E-state index is -4.75. The lowest BCUT2D eigenvalue weighted by Crippen LogP contribution is -2.30. The zero-order valence-electron chi connectivity index (χ0n) is 44.2. The molecule has 0 spiro atoms. The molecule has 402 valence electrons. The van der Waals surface area contributed by atoms with Gasteiger partial charge in [-0.2, -0.15) is 0 Å². The molecule has 0 bridgehead atoms. The van der Waals surface area contributed by atoms with Crippen LogP contribution >= 0.6 is 7.82 Å². The number of ether oxygens (including phenoxy) is 3. The number of aliphatic hydroxyl groups excluding tert-OH is 1. The van der Waals surface area contributed by atoms with E-state index in [4.69, 9.17) is 23.3 Å². The van der Waals surface area contributed by atoms with Crippen LogP contribution in [-0.4, -0.2) is 66.5 Å². The van der Waals surface area contributed by atoms with Gasteiger partial charge in [-0.1, -0.05) is 202 Å². The van der Waals surface area contributed by atoms with Crippen molar-refractivity contribution in [1.29, 1.82) is 0 Å². The number of allylic oxidation sites excluding steroid dienone is 14. The molecule has 0 aromatic heterocycles. The number of carbonyl (C=O) groups is 3. The van der Waals surface area contributed by atoms with Gasteiger partial charge in [0.15, 0.2) is 6.10 Å². The van der Waals surface area contributed by atoms with Gasteiger partial charge in [0, 0.05) is 19.3 Å². The first-order chi connectivity index (χ1) is 34.2. The maximum Gasteiger partial charge on any atom is 0.472 e. The van der Waals surface area contributed by atoms with Gasteiger partial charge in [0.05, 0.1) is 19.8 Å². The molecule has 0 aromatic carbocycles. The summed E-state index contributed by atoms with van der Waals surface area (Å²) in [7, 11) is -4.75. The Labute approximate surface area is 426 Å². The average molecular weight is 1000 g/mol. The Hall–Kier alpha value is -3.34. The van der Waals surface area contributed by atoms with Crippen molar-refractivity contribution in [1.82, 2.24) is 0 Å². The van der Waals surface area contributed by atoms with E-state index in [1.54, 1.807) is 0 Å². The van der Waals surface area contributed by atoms with Crippen molar-refractivity contribution < 1.29 is 52.2 Å². The standard InChI is InChI=1S/C58H99O11P/c1-4-7-10-13-16-19-22-24-25-26-27-28-29-31-33-35-38-41-44-47-56(60)65-51-55(69-58(62)49-46-43-40-37-34-30-23-20-17-14-11-8-5-2)53-67-70(63,64)66-52-54(50-59)68-57(61)48-45-42-39-36-32-21-18-15-12-9-6-3/h7,10-11,14,16,19-20,23-25,27-28,31,33,54-55,59H,4-6,8-9,12-13,15,17-18,21-22,26,29-30,32,34-53H2,1-3H3,(H,63,64)/b10-7-,14-11-,19-16-,23-20-,25-24-,28-27-,33-31-. The van der Waals surface area contributed by atoms with E-state index in [2.05, 4.69) is 106 Å². The first kappa shape index (κ1) is 66.7. The van der Waals surface area contributed by atoms with Crippen LogP contribution < -0.4 is 0 Å². The van der Waals surface area contributed by atoms with Gasteiger partial charge in [-0.25, -0.2) is 4.57 Å². The molecular weight excluding hydrogens is 904 g/mol. The Bertz CT molecular complexity index is 1500. The van der Waals surface area contributed by atoms with Crippen LogP contribution in [-0.2, 0) is 42.2 Å². The fraction of sp³-hybridized carbons (Fsp3) is 0.707. The monoisotopic (exact) mass is 1000 g/mol. The highest BCUT2D eigenvalue weighted by molar-refractivity contribution is 7.47. The molecule has 0 aliphatic rings. The molecule has 0 rings (SSSR count). The van der Waals surface area contributed by atoms with Crippen LogP contribution in [0.1, 0.15) is 226 Å². The first-order valence-corrected chi connectivity index (χ1v) is 29.0. The van der Waals surface area contributed by atoms with Gasteiger partial charge < -0.3 is 24.2 Å². The second-order valence-electron chi connectivity index (χ2n) is 18.0. The summed E-state index contributed by atoms with van der Waals surface area (Å²) in [5.41, 5.74) is 0. The number of aliphatic hydroxyl groups is 1. The third-order valence-corrected chi connectivity index (χ3v) is 12.2. The second-order valence-corrected chi connectivity index (χ2v) is 19.5. The molecule has 0 aromatic rings. The lowest BCUT2D eigenvalue weighted by Gasteiger charge is -2.21. The Balaban J connectivity index is 4.79. The number of hydrogen-bond acceptors (Lipinski definition) is 10. The predicted octanol–water partition coefficient (Wildman–Crippen LogP) is 15.9. The van der Waals surface area contributed by atoms with Gasteiger partial charge in [-0.3, -0.25) is 23.4 Å². The largest absolute Gasteiger partial charge is 0.472 e. The van der Waals surface area contributed by atoms with Crippen LogP contribution in [0, 0.1) is 0 Å². The normalized spacial score (nSPS) is 14.1. The molecule has 12 heteroatoms. The molecule has 0 aliphatic heterocycles. The highest BCUT2D eigenvalue weighted by Crippen LogP contribution is 2.43. The SMILES string of the molecule is CC/C=C\C/C=C\C/C=C\C/C=C\C/C=C\CCCCCC(=O)OCC(COP(=O)(O)OCC(CO)OC(=O)CCCCCCCCCCCCC)OC(=O)CCCCCCC/C=C\C/C=C\CCC. The molecule has 3 unspecified atom stereocenters. The summed E-state index contributed by atoms with van der Waals surface area (Å²) in [6.07, 6.45) is 58.3. The van der Waals surface area contributed by atoms with Crippen LogP contribution in [0.3, 0.4) is 0 Å². The summed E-state index contributed by atoms with van der Waals surface area (Å²) in [6, 6.07) is 0. The topological polar surface area (TPSA) is 155 Å². The molecule has 0 saturated heterocycles. The van der Waals surface area contributed by atoms with E-state index < -0.39 is 57.8 Å². The Morgan fingerprint density at radius 2 is 0.771 bits per heavy atom. The summed E-state index contributed by atoms with van der Waals surface area (Å²) < 4.78 is 39.4. The quantitative estimate of drug-likeness (QED) is 0.0197. The van der Waals surface area contributed by atoms with E-state index >= 15 is 0 Å². The lowest BCUT2D eigenvalue weighted by molar-refractivity contribution is -0.161. The summed E-state index contributed by atoms with van der Waals surface area (Å²) >= 11 is 0. The number of esters is 3. The molecule has 0 fully saturated rings. The minimum Gasteiger partial charge on any atom is -0.462 e. The zero-order chi connectivity index (χ0) is 51.3. The van der Waals surface area contributed by atoms with Crippen LogP contribution in [0.15, 0.2) is 85.1 Å². The highest BCUT2D eigenvalue weighted by atomic mass is 31.2. The second kappa shape index (κ2) is 52.0. The number of unbranched alkanes of at least 4 members (excludes halogenated alkanes) is 19. The molecule has 70 heavy (non-hydrogen) atoms. The fourth-order valence-corrected chi connectivity index (χ4v) is 7.91.